The smallest absolute Gasteiger partial charge is 0.262 e. The van der Waals surface area contributed by atoms with Gasteiger partial charge < -0.3 is 10.1 Å². The van der Waals surface area contributed by atoms with Gasteiger partial charge in [0, 0.05) is 0 Å². The average Bonchev–Trinajstić information content (AvgIpc) is 2.55. The lowest BCUT2D eigenvalue weighted by molar-refractivity contribution is -0.118. The van der Waals surface area contributed by atoms with E-state index in [1.165, 1.54) is 5.56 Å². The minimum absolute atomic E-state index is 0.0477. The standard InChI is InChI=1S/C18H20ClNO2/c1-3-13(2)14-8-10-15(11-9-14)22-12-18(21)20-17-7-5-4-6-16(17)19/h4-11,13H,3,12H2,1-2H3,(H,20,21)/t13-/m1/s1. The first-order valence-electron chi connectivity index (χ1n) is 7.37. The molecule has 116 valence electrons. The highest BCUT2D eigenvalue weighted by Crippen LogP contribution is 2.22. The second kappa shape index (κ2) is 7.85. The van der Waals surface area contributed by atoms with Crippen LogP contribution in [0, 0.1) is 0 Å². The minimum Gasteiger partial charge on any atom is -0.484 e. The number of rotatable bonds is 6. The third kappa shape index (κ3) is 4.50. The van der Waals surface area contributed by atoms with Gasteiger partial charge in [0.15, 0.2) is 6.61 Å². The molecule has 2 aromatic carbocycles. The molecule has 0 heterocycles. The van der Waals surface area contributed by atoms with Gasteiger partial charge in [-0.2, -0.15) is 0 Å². The fourth-order valence-corrected chi connectivity index (χ4v) is 2.21. The van der Waals surface area contributed by atoms with Crippen molar-refractivity contribution in [2.24, 2.45) is 0 Å². The molecule has 0 aromatic heterocycles. The van der Waals surface area contributed by atoms with Crippen LogP contribution in [0.1, 0.15) is 31.7 Å². The molecule has 1 atom stereocenters. The molecule has 0 spiro atoms. The van der Waals surface area contributed by atoms with Gasteiger partial charge in [-0.05, 0) is 42.2 Å². The Bertz CT molecular complexity index is 625. The number of hydrogen-bond donors (Lipinski definition) is 1. The summed E-state index contributed by atoms with van der Waals surface area (Å²) in [5.41, 5.74) is 1.86. The lowest BCUT2D eigenvalue weighted by atomic mass is 9.99. The van der Waals surface area contributed by atoms with Gasteiger partial charge in [0.05, 0.1) is 10.7 Å². The monoisotopic (exact) mass is 317 g/mol. The van der Waals surface area contributed by atoms with Crippen molar-refractivity contribution >= 4 is 23.2 Å². The number of amides is 1. The van der Waals surface area contributed by atoms with Crippen molar-refractivity contribution in [3.05, 3.63) is 59.1 Å². The Labute approximate surface area is 136 Å². The number of carbonyl (C=O) groups excluding carboxylic acids is 1. The van der Waals surface area contributed by atoms with Crippen molar-refractivity contribution in [1.29, 1.82) is 0 Å². The molecule has 0 aliphatic carbocycles. The quantitative estimate of drug-likeness (QED) is 0.825. The summed E-state index contributed by atoms with van der Waals surface area (Å²) in [7, 11) is 0. The van der Waals surface area contributed by atoms with Crippen molar-refractivity contribution in [2.75, 3.05) is 11.9 Å². The van der Waals surface area contributed by atoms with E-state index in [0.29, 0.717) is 22.4 Å². The third-order valence-electron chi connectivity index (χ3n) is 3.58. The van der Waals surface area contributed by atoms with E-state index in [1.807, 2.05) is 36.4 Å². The Morgan fingerprint density at radius 3 is 2.50 bits per heavy atom. The van der Waals surface area contributed by atoms with Crippen LogP contribution in [0.3, 0.4) is 0 Å². The molecule has 0 fully saturated rings. The molecule has 0 aliphatic rings. The molecule has 4 heteroatoms. The highest BCUT2D eigenvalue weighted by Gasteiger charge is 2.07. The highest BCUT2D eigenvalue weighted by molar-refractivity contribution is 6.33. The predicted molar refractivity (Wildman–Crippen MR) is 90.7 cm³/mol. The lowest BCUT2D eigenvalue weighted by Crippen LogP contribution is -2.20. The zero-order valence-corrected chi connectivity index (χ0v) is 13.6. The number of benzene rings is 2. The van der Waals surface area contributed by atoms with Crippen LogP contribution in [-0.2, 0) is 4.79 Å². The molecule has 3 nitrogen and oxygen atoms in total. The number of halogens is 1. The average molecular weight is 318 g/mol. The molecule has 0 bridgehead atoms. The van der Waals surface area contributed by atoms with E-state index in [1.54, 1.807) is 12.1 Å². The first-order valence-corrected chi connectivity index (χ1v) is 7.75. The van der Waals surface area contributed by atoms with Crippen molar-refractivity contribution in [3.8, 4) is 5.75 Å². The maximum absolute atomic E-state index is 11.9. The molecule has 1 N–H and O–H groups in total. The zero-order valence-electron chi connectivity index (χ0n) is 12.8. The lowest BCUT2D eigenvalue weighted by Gasteiger charge is -2.11. The summed E-state index contributed by atoms with van der Waals surface area (Å²) in [6, 6.07) is 15.0. The molecular formula is C18H20ClNO2. The SMILES string of the molecule is CC[C@@H](C)c1ccc(OCC(=O)Nc2ccccc2Cl)cc1. The molecule has 1 amide bonds. The summed E-state index contributed by atoms with van der Waals surface area (Å²) in [6.45, 7) is 4.30. The van der Waals surface area contributed by atoms with Crippen LogP contribution < -0.4 is 10.1 Å². The van der Waals surface area contributed by atoms with Crippen molar-refractivity contribution in [1.82, 2.24) is 0 Å². The maximum atomic E-state index is 11.9. The molecule has 0 aliphatic heterocycles. The number of hydrogen-bond acceptors (Lipinski definition) is 2. The molecule has 22 heavy (non-hydrogen) atoms. The van der Waals surface area contributed by atoms with E-state index in [-0.39, 0.29) is 12.5 Å². The number of ether oxygens (including phenoxy) is 1. The predicted octanol–water partition coefficient (Wildman–Crippen LogP) is 4.87. The van der Waals surface area contributed by atoms with Gasteiger partial charge in [0.25, 0.3) is 5.91 Å². The molecule has 0 saturated carbocycles. The Balaban J connectivity index is 1.87. The van der Waals surface area contributed by atoms with Crippen molar-refractivity contribution < 1.29 is 9.53 Å². The minimum atomic E-state index is -0.237. The number of anilines is 1. The van der Waals surface area contributed by atoms with Gasteiger partial charge in [0.1, 0.15) is 5.75 Å². The van der Waals surface area contributed by atoms with E-state index < -0.39 is 0 Å². The number of para-hydroxylation sites is 1. The maximum Gasteiger partial charge on any atom is 0.262 e. The fourth-order valence-electron chi connectivity index (χ4n) is 2.03. The van der Waals surface area contributed by atoms with Gasteiger partial charge in [-0.25, -0.2) is 0 Å². The summed E-state index contributed by atoms with van der Waals surface area (Å²) in [5, 5.41) is 3.23. The highest BCUT2D eigenvalue weighted by atomic mass is 35.5. The van der Waals surface area contributed by atoms with E-state index >= 15 is 0 Å². The topological polar surface area (TPSA) is 38.3 Å². The number of carbonyl (C=O) groups is 1. The summed E-state index contributed by atoms with van der Waals surface area (Å²) in [6.07, 6.45) is 1.10. The summed E-state index contributed by atoms with van der Waals surface area (Å²) in [4.78, 5) is 11.9. The molecule has 0 saturated heterocycles. The Morgan fingerprint density at radius 2 is 1.86 bits per heavy atom. The van der Waals surface area contributed by atoms with E-state index in [2.05, 4.69) is 19.2 Å². The van der Waals surface area contributed by atoms with Crippen LogP contribution in [0.4, 0.5) is 5.69 Å². The molecule has 2 aromatic rings. The van der Waals surface area contributed by atoms with Gasteiger partial charge in [-0.1, -0.05) is 49.7 Å². The zero-order chi connectivity index (χ0) is 15.9. The Morgan fingerprint density at radius 1 is 1.18 bits per heavy atom. The third-order valence-corrected chi connectivity index (χ3v) is 3.91. The van der Waals surface area contributed by atoms with Crippen LogP contribution in [0.5, 0.6) is 5.75 Å². The molecule has 2 rings (SSSR count). The first kappa shape index (κ1) is 16.4. The summed E-state index contributed by atoms with van der Waals surface area (Å²) >= 11 is 5.99. The Hall–Kier alpha value is -2.00. The van der Waals surface area contributed by atoms with E-state index in [0.717, 1.165) is 6.42 Å². The molecule has 0 unspecified atom stereocenters. The Kier molecular flexibility index (Phi) is 5.84. The van der Waals surface area contributed by atoms with Crippen LogP contribution in [0.15, 0.2) is 48.5 Å². The second-order valence-corrected chi connectivity index (χ2v) is 5.60. The van der Waals surface area contributed by atoms with Gasteiger partial charge in [0.2, 0.25) is 0 Å². The normalized spacial score (nSPS) is 11.8. The van der Waals surface area contributed by atoms with Crippen LogP contribution in [-0.4, -0.2) is 12.5 Å². The van der Waals surface area contributed by atoms with Crippen molar-refractivity contribution in [3.63, 3.8) is 0 Å². The summed E-state index contributed by atoms with van der Waals surface area (Å²) in [5.74, 6) is 0.970. The molecule has 0 radical (unpaired) electrons. The van der Waals surface area contributed by atoms with E-state index in [9.17, 15) is 4.79 Å². The van der Waals surface area contributed by atoms with E-state index in [4.69, 9.17) is 16.3 Å². The van der Waals surface area contributed by atoms with Crippen molar-refractivity contribution in [2.45, 2.75) is 26.2 Å². The summed E-state index contributed by atoms with van der Waals surface area (Å²) < 4.78 is 5.49. The largest absolute Gasteiger partial charge is 0.484 e. The van der Waals surface area contributed by atoms with Gasteiger partial charge in [-0.3, -0.25) is 4.79 Å². The second-order valence-electron chi connectivity index (χ2n) is 5.20. The number of nitrogens with one attached hydrogen (secondary N) is 1. The molecular weight excluding hydrogens is 298 g/mol. The van der Waals surface area contributed by atoms with Crippen LogP contribution in [0.25, 0.3) is 0 Å². The van der Waals surface area contributed by atoms with Crippen LogP contribution in [0.2, 0.25) is 5.02 Å². The fraction of sp³-hybridized carbons (Fsp3) is 0.278. The van der Waals surface area contributed by atoms with Crippen LogP contribution >= 0.6 is 11.6 Å². The van der Waals surface area contributed by atoms with Gasteiger partial charge in [-0.15, -0.1) is 0 Å². The first-order chi connectivity index (χ1) is 10.6. The van der Waals surface area contributed by atoms with Gasteiger partial charge >= 0.3 is 0 Å².